The van der Waals surface area contributed by atoms with Gasteiger partial charge in [-0.25, -0.2) is 4.68 Å². The fourth-order valence-corrected chi connectivity index (χ4v) is 5.61. The molecule has 3 aromatic carbocycles. The fraction of sp³-hybridized carbons (Fsp3) is 0.100. The zero-order chi connectivity index (χ0) is 26.2. The van der Waals surface area contributed by atoms with Crippen molar-refractivity contribution >= 4 is 51.3 Å². The number of carbonyl (C=O) groups is 1. The predicted molar refractivity (Wildman–Crippen MR) is 155 cm³/mol. The van der Waals surface area contributed by atoms with Crippen LogP contribution in [0.4, 0.5) is 0 Å². The van der Waals surface area contributed by atoms with Crippen LogP contribution in [0.5, 0.6) is 5.75 Å². The number of fused-ring (bicyclic) bond motifs is 1. The molecule has 0 bridgehead atoms. The lowest BCUT2D eigenvalue weighted by Gasteiger charge is -2.14. The highest BCUT2D eigenvalue weighted by molar-refractivity contribution is 8.26. The van der Waals surface area contributed by atoms with Crippen LogP contribution < -0.4 is 4.74 Å². The average molecular weight is 538 g/mol. The van der Waals surface area contributed by atoms with Gasteiger partial charge in [0.05, 0.1) is 24.2 Å². The lowest BCUT2D eigenvalue weighted by molar-refractivity contribution is -0.122. The van der Waals surface area contributed by atoms with Crippen molar-refractivity contribution in [3.63, 3.8) is 0 Å². The summed E-state index contributed by atoms with van der Waals surface area (Å²) in [5.41, 5.74) is 5.12. The standard InChI is InChI=1S/C30H23N3O3S2/c1-19-11-13-20(14-12-19)17-32-29(34)26(38-30(32)37)16-22-18-33(23-8-4-3-5-9-23)31-27(22)25-15-21-7-6-10-24(35-2)28(21)36-25/h3-16,18H,17H2,1-2H3. The van der Waals surface area contributed by atoms with Crippen LogP contribution in [-0.2, 0) is 11.3 Å². The molecule has 6 rings (SSSR count). The molecule has 0 unspecified atom stereocenters. The molecule has 0 saturated carbocycles. The molecule has 0 N–H and O–H groups in total. The molecule has 0 radical (unpaired) electrons. The lowest BCUT2D eigenvalue weighted by atomic mass is 10.1. The van der Waals surface area contributed by atoms with Crippen LogP contribution in [0.25, 0.3) is 34.2 Å². The Bertz CT molecular complexity index is 1700. The Morgan fingerprint density at radius 1 is 1.05 bits per heavy atom. The molecule has 1 amide bonds. The van der Waals surface area contributed by atoms with Gasteiger partial charge < -0.3 is 9.15 Å². The number of furan rings is 1. The van der Waals surface area contributed by atoms with Crippen LogP contribution in [0.15, 0.2) is 94.4 Å². The summed E-state index contributed by atoms with van der Waals surface area (Å²) in [7, 11) is 1.62. The van der Waals surface area contributed by atoms with Gasteiger partial charge >= 0.3 is 0 Å². The SMILES string of the molecule is COc1cccc2cc(-c3nn(-c4ccccc4)cc3C=C3SC(=S)N(Cc4ccc(C)cc4)C3=O)oc12. The number of thioether (sulfide) groups is 1. The Hall–Kier alpha value is -4.14. The van der Waals surface area contributed by atoms with Crippen LogP contribution in [0.1, 0.15) is 16.7 Å². The molecule has 1 fully saturated rings. The number of nitrogens with zero attached hydrogens (tertiary/aromatic N) is 3. The molecule has 0 atom stereocenters. The molecule has 1 aliphatic rings. The third-order valence-corrected chi connectivity index (χ3v) is 7.72. The van der Waals surface area contributed by atoms with Gasteiger partial charge in [0.25, 0.3) is 5.91 Å². The van der Waals surface area contributed by atoms with E-state index in [1.54, 1.807) is 16.7 Å². The van der Waals surface area contributed by atoms with E-state index in [-0.39, 0.29) is 5.91 Å². The molecule has 5 aromatic rings. The first-order chi connectivity index (χ1) is 18.5. The van der Waals surface area contributed by atoms with Crippen molar-refractivity contribution in [3.8, 4) is 22.9 Å². The number of amides is 1. The minimum Gasteiger partial charge on any atom is -0.493 e. The second-order valence-electron chi connectivity index (χ2n) is 8.96. The first kappa shape index (κ1) is 24.2. The predicted octanol–water partition coefficient (Wildman–Crippen LogP) is 7.00. The molecule has 8 heteroatoms. The quantitative estimate of drug-likeness (QED) is 0.172. The Morgan fingerprint density at radius 2 is 1.84 bits per heavy atom. The Morgan fingerprint density at radius 3 is 2.61 bits per heavy atom. The number of para-hydroxylation sites is 2. The summed E-state index contributed by atoms with van der Waals surface area (Å²) in [6.07, 6.45) is 3.75. The Balaban J connectivity index is 1.41. The van der Waals surface area contributed by atoms with Crippen LogP contribution >= 0.6 is 24.0 Å². The summed E-state index contributed by atoms with van der Waals surface area (Å²) in [4.78, 5) is 15.6. The van der Waals surface area contributed by atoms with Crippen LogP contribution in [0.2, 0.25) is 0 Å². The maximum Gasteiger partial charge on any atom is 0.266 e. The van der Waals surface area contributed by atoms with Crippen molar-refractivity contribution in [2.75, 3.05) is 7.11 Å². The Kier molecular flexibility index (Phi) is 6.35. The maximum atomic E-state index is 13.4. The topological polar surface area (TPSA) is 60.5 Å². The van der Waals surface area contributed by atoms with Crippen molar-refractivity contribution in [1.82, 2.24) is 14.7 Å². The van der Waals surface area contributed by atoms with E-state index in [0.717, 1.165) is 22.2 Å². The monoisotopic (exact) mass is 537 g/mol. The number of thiocarbonyl (C=S) groups is 1. The second kappa shape index (κ2) is 9.96. The Labute approximate surface area is 229 Å². The summed E-state index contributed by atoms with van der Waals surface area (Å²) in [6.45, 7) is 2.47. The van der Waals surface area contributed by atoms with Gasteiger partial charge in [-0.2, -0.15) is 5.10 Å². The van der Waals surface area contributed by atoms with E-state index < -0.39 is 0 Å². The van der Waals surface area contributed by atoms with E-state index in [1.165, 1.54) is 17.3 Å². The summed E-state index contributed by atoms with van der Waals surface area (Å²) in [6, 6.07) is 25.6. The van der Waals surface area contributed by atoms with Crippen molar-refractivity contribution in [2.45, 2.75) is 13.5 Å². The van der Waals surface area contributed by atoms with Gasteiger partial charge in [-0.05, 0) is 42.8 Å². The molecule has 0 spiro atoms. The first-order valence-corrected chi connectivity index (χ1v) is 13.3. The van der Waals surface area contributed by atoms with Gasteiger partial charge in [0, 0.05) is 17.1 Å². The number of methoxy groups -OCH3 is 1. The van der Waals surface area contributed by atoms with E-state index in [1.807, 2.05) is 98.1 Å². The molecule has 6 nitrogen and oxygen atoms in total. The number of ether oxygens (including phenoxy) is 1. The van der Waals surface area contributed by atoms with Crippen molar-refractivity contribution in [2.24, 2.45) is 0 Å². The molecule has 0 aliphatic carbocycles. The van der Waals surface area contributed by atoms with Crippen LogP contribution in [-0.4, -0.2) is 32.0 Å². The molecule has 1 aliphatic heterocycles. The largest absolute Gasteiger partial charge is 0.493 e. The summed E-state index contributed by atoms with van der Waals surface area (Å²) >= 11 is 6.89. The smallest absolute Gasteiger partial charge is 0.266 e. The number of carbonyl (C=O) groups excluding carboxylic acids is 1. The summed E-state index contributed by atoms with van der Waals surface area (Å²) in [5.74, 6) is 1.11. The average Bonchev–Trinajstić information content (AvgIpc) is 3.62. The lowest BCUT2D eigenvalue weighted by Crippen LogP contribution is -2.27. The second-order valence-corrected chi connectivity index (χ2v) is 10.6. The summed E-state index contributed by atoms with van der Waals surface area (Å²) < 4.78 is 14.0. The highest BCUT2D eigenvalue weighted by Gasteiger charge is 2.32. The molecule has 188 valence electrons. The highest BCUT2D eigenvalue weighted by Crippen LogP contribution is 2.38. The van der Waals surface area contributed by atoms with E-state index in [9.17, 15) is 4.79 Å². The minimum absolute atomic E-state index is 0.120. The fourth-order valence-electron chi connectivity index (χ4n) is 4.36. The zero-order valence-electron chi connectivity index (χ0n) is 20.8. The van der Waals surface area contributed by atoms with E-state index in [4.69, 9.17) is 26.5 Å². The molecule has 3 heterocycles. The van der Waals surface area contributed by atoms with Gasteiger partial charge in [-0.1, -0.05) is 84.1 Å². The normalized spacial score (nSPS) is 14.7. The van der Waals surface area contributed by atoms with Gasteiger partial charge in [0.2, 0.25) is 0 Å². The number of aromatic nitrogens is 2. The number of aryl methyl sites for hydroxylation is 1. The number of benzene rings is 3. The van der Waals surface area contributed by atoms with Crippen molar-refractivity contribution in [3.05, 3.63) is 107 Å². The highest BCUT2D eigenvalue weighted by atomic mass is 32.2. The first-order valence-electron chi connectivity index (χ1n) is 12.0. The van der Waals surface area contributed by atoms with Gasteiger partial charge in [-0.3, -0.25) is 9.69 Å². The van der Waals surface area contributed by atoms with Crippen molar-refractivity contribution < 1.29 is 13.9 Å². The maximum absolute atomic E-state index is 13.4. The third-order valence-electron chi connectivity index (χ3n) is 6.35. The molecule has 2 aromatic heterocycles. The third kappa shape index (κ3) is 4.53. The zero-order valence-corrected chi connectivity index (χ0v) is 22.4. The molecular weight excluding hydrogens is 514 g/mol. The van der Waals surface area contributed by atoms with Gasteiger partial charge in [0.15, 0.2) is 17.1 Å². The van der Waals surface area contributed by atoms with Crippen LogP contribution in [0.3, 0.4) is 0 Å². The van der Waals surface area contributed by atoms with Crippen LogP contribution in [0, 0.1) is 6.92 Å². The van der Waals surface area contributed by atoms with E-state index >= 15 is 0 Å². The molecular formula is C30H23N3O3S2. The number of hydrogen-bond donors (Lipinski definition) is 0. The summed E-state index contributed by atoms with van der Waals surface area (Å²) in [5, 5.41) is 5.76. The van der Waals surface area contributed by atoms with Gasteiger partial charge in [-0.15, -0.1) is 0 Å². The number of rotatable bonds is 6. The minimum atomic E-state index is -0.120. The van der Waals surface area contributed by atoms with Crippen molar-refractivity contribution in [1.29, 1.82) is 0 Å². The van der Waals surface area contributed by atoms with Gasteiger partial charge in [0.1, 0.15) is 10.0 Å². The molecule has 38 heavy (non-hydrogen) atoms. The molecule has 1 saturated heterocycles. The van der Waals surface area contributed by atoms with E-state index in [2.05, 4.69) is 0 Å². The van der Waals surface area contributed by atoms with E-state index in [0.29, 0.717) is 38.6 Å². The number of hydrogen-bond acceptors (Lipinski definition) is 6.